The largest absolute Gasteiger partial charge is 0.351 e. The Morgan fingerprint density at radius 3 is 2.82 bits per heavy atom. The Kier molecular flexibility index (Phi) is 4.63. The van der Waals surface area contributed by atoms with Gasteiger partial charge in [-0.2, -0.15) is 0 Å². The van der Waals surface area contributed by atoms with Crippen LogP contribution in [-0.4, -0.2) is 38.6 Å². The summed E-state index contributed by atoms with van der Waals surface area (Å²) in [6.45, 7) is 3.02. The lowest BCUT2D eigenvalue weighted by atomic mass is 9.91. The van der Waals surface area contributed by atoms with Gasteiger partial charge in [-0.1, -0.05) is 0 Å². The van der Waals surface area contributed by atoms with Gasteiger partial charge in [-0.3, -0.25) is 25.4 Å². The van der Waals surface area contributed by atoms with Crippen LogP contribution in [0.5, 0.6) is 0 Å². The molecule has 4 heterocycles. The first-order valence-electron chi connectivity index (χ1n) is 8.87. The van der Waals surface area contributed by atoms with Crippen molar-refractivity contribution in [3.8, 4) is 11.8 Å². The van der Waals surface area contributed by atoms with Gasteiger partial charge >= 0.3 is 5.69 Å². The number of pyridine rings is 1. The summed E-state index contributed by atoms with van der Waals surface area (Å²) in [5.74, 6) is 6.35. The molecule has 142 valence electrons. The fourth-order valence-electron chi connectivity index (χ4n) is 3.29. The van der Waals surface area contributed by atoms with E-state index in [-0.39, 0.29) is 10.6 Å². The Morgan fingerprint density at radius 1 is 1.29 bits per heavy atom. The molecule has 0 saturated carbocycles. The molecule has 0 aliphatic carbocycles. The van der Waals surface area contributed by atoms with Gasteiger partial charge in [0.2, 0.25) is 5.82 Å². The monoisotopic (exact) mass is 378 g/mol. The maximum absolute atomic E-state index is 11.3. The number of hydrogen-bond donors (Lipinski definition) is 1. The summed E-state index contributed by atoms with van der Waals surface area (Å²) in [7, 11) is 0. The lowest BCUT2D eigenvalue weighted by Crippen LogP contribution is -2.45. The standard InChI is InChI=1S/C19H18N6O3/c1-14-2-5-17(25(26)27)18(22-14)24-10-6-19(7-11-24)12-15(23-28-19)3-4-16-13-20-8-9-21-16/h2,5,8-9,12-13,23H,6-7,10-11H2,1H3. The first-order chi connectivity index (χ1) is 13.5. The summed E-state index contributed by atoms with van der Waals surface area (Å²) < 4.78 is 0. The van der Waals surface area contributed by atoms with Crippen LogP contribution >= 0.6 is 0 Å². The van der Waals surface area contributed by atoms with Gasteiger partial charge in [0.15, 0.2) is 0 Å². The number of allylic oxidation sites excluding steroid dienone is 1. The highest BCUT2D eigenvalue weighted by atomic mass is 16.7. The molecule has 0 unspecified atom stereocenters. The van der Waals surface area contributed by atoms with Crippen molar-refractivity contribution in [3.05, 3.63) is 64.0 Å². The van der Waals surface area contributed by atoms with E-state index < -0.39 is 5.60 Å². The molecule has 2 aliphatic rings. The van der Waals surface area contributed by atoms with Gasteiger partial charge in [-0.25, -0.2) is 9.97 Å². The molecule has 0 atom stereocenters. The van der Waals surface area contributed by atoms with E-state index in [4.69, 9.17) is 4.84 Å². The zero-order valence-corrected chi connectivity index (χ0v) is 15.3. The zero-order chi connectivity index (χ0) is 19.6. The van der Waals surface area contributed by atoms with Crippen LogP contribution in [0.4, 0.5) is 11.5 Å². The predicted molar refractivity (Wildman–Crippen MR) is 101 cm³/mol. The van der Waals surface area contributed by atoms with Crippen LogP contribution in [0, 0.1) is 28.9 Å². The third kappa shape index (κ3) is 3.63. The van der Waals surface area contributed by atoms with Crippen LogP contribution < -0.4 is 10.4 Å². The van der Waals surface area contributed by atoms with Gasteiger partial charge in [-0.05, 0) is 30.9 Å². The predicted octanol–water partition coefficient (Wildman–Crippen LogP) is 1.90. The third-order valence-corrected chi connectivity index (χ3v) is 4.76. The van der Waals surface area contributed by atoms with E-state index in [0.29, 0.717) is 43.1 Å². The molecular formula is C19H18N6O3. The number of nitrogens with one attached hydrogen (secondary N) is 1. The first kappa shape index (κ1) is 17.9. The van der Waals surface area contributed by atoms with Crippen molar-refractivity contribution < 1.29 is 9.76 Å². The molecule has 2 aliphatic heterocycles. The van der Waals surface area contributed by atoms with E-state index in [0.717, 1.165) is 5.69 Å². The molecule has 4 rings (SSSR count). The van der Waals surface area contributed by atoms with E-state index in [1.165, 1.54) is 6.07 Å². The Balaban J connectivity index is 1.48. The van der Waals surface area contributed by atoms with E-state index in [9.17, 15) is 10.1 Å². The average Bonchev–Trinajstić information content (AvgIpc) is 3.10. The van der Waals surface area contributed by atoms with Gasteiger partial charge in [0, 0.05) is 50.1 Å². The minimum Gasteiger partial charge on any atom is -0.351 e. The highest BCUT2D eigenvalue weighted by molar-refractivity contribution is 5.58. The van der Waals surface area contributed by atoms with Crippen molar-refractivity contribution in [2.45, 2.75) is 25.4 Å². The summed E-state index contributed by atoms with van der Waals surface area (Å²) in [5.41, 5.74) is 4.45. The number of piperidine rings is 1. The first-order valence-corrected chi connectivity index (χ1v) is 8.87. The maximum atomic E-state index is 11.3. The normalized spacial score (nSPS) is 17.5. The highest BCUT2D eigenvalue weighted by Gasteiger charge is 2.39. The number of aryl methyl sites for hydroxylation is 1. The number of aromatic nitrogens is 3. The lowest BCUT2D eigenvalue weighted by molar-refractivity contribution is -0.384. The Bertz CT molecular complexity index is 988. The maximum Gasteiger partial charge on any atom is 0.311 e. The van der Waals surface area contributed by atoms with Crippen LogP contribution in [0.2, 0.25) is 0 Å². The molecule has 0 aromatic carbocycles. The number of anilines is 1. The van der Waals surface area contributed by atoms with Crippen molar-refractivity contribution >= 4 is 11.5 Å². The molecule has 1 saturated heterocycles. The molecule has 1 fully saturated rings. The molecule has 2 aromatic rings. The molecule has 0 amide bonds. The van der Waals surface area contributed by atoms with Crippen LogP contribution in [-0.2, 0) is 4.84 Å². The number of hydrogen-bond acceptors (Lipinski definition) is 8. The molecule has 9 nitrogen and oxygen atoms in total. The van der Waals surface area contributed by atoms with E-state index >= 15 is 0 Å². The third-order valence-electron chi connectivity index (χ3n) is 4.76. The van der Waals surface area contributed by atoms with Crippen LogP contribution in [0.15, 0.2) is 42.5 Å². The molecule has 0 bridgehead atoms. The van der Waals surface area contributed by atoms with Gasteiger partial charge in [0.1, 0.15) is 17.0 Å². The molecule has 9 heteroatoms. The van der Waals surface area contributed by atoms with Crippen molar-refractivity contribution in [2.75, 3.05) is 18.0 Å². The summed E-state index contributed by atoms with van der Waals surface area (Å²) in [4.78, 5) is 31.2. The zero-order valence-electron chi connectivity index (χ0n) is 15.3. The topological polar surface area (TPSA) is 106 Å². The molecular weight excluding hydrogens is 360 g/mol. The smallest absolute Gasteiger partial charge is 0.311 e. The fraction of sp³-hybridized carbons (Fsp3) is 0.316. The minimum absolute atomic E-state index is 0.0260. The Hall–Kier alpha value is -3.51. The van der Waals surface area contributed by atoms with Crippen LogP contribution in [0.1, 0.15) is 24.2 Å². The fourth-order valence-corrected chi connectivity index (χ4v) is 3.29. The van der Waals surface area contributed by atoms with Crippen molar-refractivity contribution in [2.24, 2.45) is 0 Å². The average molecular weight is 378 g/mol. The van der Waals surface area contributed by atoms with Gasteiger partial charge in [0.25, 0.3) is 0 Å². The van der Waals surface area contributed by atoms with Crippen molar-refractivity contribution in [3.63, 3.8) is 0 Å². The highest BCUT2D eigenvalue weighted by Crippen LogP contribution is 2.35. The van der Waals surface area contributed by atoms with E-state index in [2.05, 4.69) is 32.3 Å². The molecule has 2 aromatic heterocycles. The molecule has 0 radical (unpaired) electrons. The Labute approximate surface area is 161 Å². The molecule has 1 spiro atoms. The second-order valence-electron chi connectivity index (χ2n) is 6.71. The second-order valence-corrected chi connectivity index (χ2v) is 6.71. The number of rotatable bonds is 2. The van der Waals surface area contributed by atoms with Crippen molar-refractivity contribution in [1.82, 2.24) is 20.4 Å². The lowest BCUT2D eigenvalue weighted by Gasteiger charge is -2.36. The minimum atomic E-state index is -0.471. The number of nitrogens with zero attached hydrogens (tertiary/aromatic N) is 5. The van der Waals surface area contributed by atoms with Gasteiger partial charge < -0.3 is 4.90 Å². The number of nitro groups is 1. The summed E-state index contributed by atoms with van der Waals surface area (Å²) in [6.07, 6.45) is 8.10. The van der Waals surface area contributed by atoms with Gasteiger partial charge in [0.05, 0.1) is 11.1 Å². The quantitative estimate of drug-likeness (QED) is 0.480. The van der Waals surface area contributed by atoms with E-state index in [1.54, 1.807) is 24.7 Å². The summed E-state index contributed by atoms with van der Waals surface area (Å²) in [6, 6.07) is 3.16. The molecule has 28 heavy (non-hydrogen) atoms. The molecule has 1 N–H and O–H groups in total. The number of hydroxylamine groups is 1. The van der Waals surface area contributed by atoms with E-state index in [1.807, 2.05) is 17.9 Å². The van der Waals surface area contributed by atoms with Crippen LogP contribution in [0.25, 0.3) is 0 Å². The Morgan fingerprint density at radius 2 is 2.11 bits per heavy atom. The van der Waals surface area contributed by atoms with Crippen LogP contribution in [0.3, 0.4) is 0 Å². The second kappa shape index (κ2) is 7.25. The summed E-state index contributed by atoms with van der Waals surface area (Å²) >= 11 is 0. The SMILES string of the molecule is Cc1ccc([N+](=O)[O-])c(N2CCC3(C=C(C#Cc4cnccn4)NO3)CC2)n1. The summed E-state index contributed by atoms with van der Waals surface area (Å²) in [5, 5.41) is 11.3. The van der Waals surface area contributed by atoms with Crippen molar-refractivity contribution in [1.29, 1.82) is 0 Å². The van der Waals surface area contributed by atoms with Gasteiger partial charge in [-0.15, -0.1) is 0 Å².